The van der Waals surface area contributed by atoms with E-state index in [1.54, 1.807) is 48.5 Å². The van der Waals surface area contributed by atoms with Crippen LogP contribution in [0.15, 0.2) is 97.1 Å². The Kier molecular flexibility index (Phi) is 8.78. The Bertz CT molecular complexity index is 2080. The summed E-state index contributed by atoms with van der Waals surface area (Å²) < 4.78 is 77.6. The molecule has 0 aliphatic heterocycles. The van der Waals surface area contributed by atoms with E-state index in [1.165, 1.54) is 46.9 Å². The summed E-state index contributed by atoms with van der Waals surface area (Å²) in [6.45, 7) is 0. The molecule has 6 nitrogen and oxygen atoms in total. The molecule has 4 aromatic heterocycles. The number of thiophene rings is 1. The van der Waals surface area contributed by atoms with E-state index in [0.29, 0.717) is 43.1 Å². The van der Waals surface area contributed by atoms with Crippen molar-refractivity contribution in [3.63, 3.8) is 0 Å². The number of thioether (sulfide) groups is 1. The number of benzene rings is 2. The van der Waals surface area contributed by atoms with E-state index in [2.05, 4.69) is 20.2 Å². The molecule has 0 saturated heterocycles. The maximum atomic E-state index is 12.9. The first-order chi connectivity index (χ1) is 22.3. The summed E-state index contributed by atoms with van der Waals surface area (Å²) >= 11 is 3.45. The van der Waals surface area contributed by atoms with Crippen LogP contribution in [0, 0.1) is 10.8 Å². The molecule has 6 rings (SSSR count). The molecule has 0 fully saturated rings. The molecule has 0 aliphatic rings. The first-order valence-electron chi connectivity index (χ1n) is 13.4. The number of nitrogens with zero attached hydrogens (tertiary/aromatic N) is 4. The van der Waals surface area contributed by atoms with Gasteiger partial charge in [0.05, 0.1) is 38.0 Å². The molecular weight excluding hydrogens is 679 g/mol. The standard InChI is InChI=1S/C32H18F6N6S3/c33-31(34,35)19-11-7-17(8-12-19)21-3-1-5-23(41-21)27(39)46-28(40)25-15-16-26(45-25)30-44-43-29(47-30)24-6-2-4-22(42-24)18-9-13-20(14-10-18)32(36,37)38/h1-16,39-40H. The normalized spacial score (nSPS) is 11.9. The summed E-state index contributed by atoms with van der Waals surface area (Å²) in [5, 5.41) is 26.8. The average Bonchev–Trinajstić information content (AvgIpc) is 3.75. The minimum atomic E-state index is -4.45. The van der Waals surface area contributed by atoms with Crippen LogP contribution in [-0.4, -0.2) is 30.3 Å². The third-order valence-corrected chi connectivity index (χ3v) is 9.82. The lowest BCUT2D eigenvalue weighted by Crippen LogP contribution is -2.04. The summed E-state index contributed by atoms with van der Waals surface area (Å²) in [7, 11) is 0. The van der Waals surface area contributed by atoms with Crippen LogP contribution in [0.25, 0.3) is 43.1 Å². The van der Waals surface area contributed by atoms with E-state index in [9.17, 15) is 26.3 Å². The van der Waals surface area contributed by atoms with Crippen LogP contribution < -0.4 is 0 Å². The van der Waals surface area contributed by atoms with E-state index in [-0.39, 0.29) is 15.8 Å². The fraction of sp³-hybridized carbons (Fsp3) is 0.0625. The molecule has 2 N–H and O–H groups in total. The second kappa shape index (κ2) is 12.8. The number of halogens is 6. The number of hydrogen-bond acceptors (Lipinski definition) is 9. The lowest BCUT2D eigenvalue weighted by Gasteiger charge is -2.09. The van der Waals surface area contributed by atoms with Gasteiger partial charge in [-0.3, -0.25) is 10.8 Å². The molecule has 0 aliphatic carbocycles. The van der Waals surface area contributed by atoms with Crippen LogP contribution in [0.4, 0.5) is 26.3 Å². The number of rotatable bonds is 6. The maximum absolute atomic E-state index is 12.9. The van der Waals surface area contributed by atoms with Crippen LogP contribution in [0.2, 0.25) is 0 Å². The van der Waals surface area contributed by atoms with Gasteiger partial charge in [-0.2, -0.15) is 26.3 Å². The van der Waals surface area contributed by atoms with Crippen molar-refractivity contribution in [2.24, 2.45) is 0 Å². The predicted octanol–water partition coefficient (Wildman–Crippen LogP) is 10.2. The fourth-order valence-corrected chi connectivity index (χ4v) is 6.86. The average molecular weight is 697 g/mol. The third kappa shape index (κ3) is 7.32. The van der Waals surface area contributed by atoms with Crippen molar-refractivity contribution in [1.29, 1.82) is 10.8 Å². The molecule has 4 heterocycles. The highest BCUT2D eigenvalue weighted by atomic mass is 32.2. The molecule has 0 radical (unpaired) electrons. The van der Waals surface area contributed by atoms with Crippen molar-refractivity contribution in [2.75, 3.05) is 0 Å². The molecule has 15 heteroatoms. The largest absolute Gasteiger partial charge is 0.416 e. The Hall–Kier alpha value is -4.73. The molecule has 0 spiro atoms. The molecule has 47 heavy (non-hydrogen) atoms. The topological polar surface area (TPSA) is 99.3 Å². The quantitative estimate of drug-likeness (QED) is 0.103. The molecule has 2 aromatic carbocycles. The van der Waals surface area contributed by atoms with Gasteiger partial charge < -0.3 is 0 Å². The summed E-state index contributed by atoms with van der Waals surface area (Å²) in [4.78, 5) is 10.3. The number of pyridine rings is 2. The Morgan fingerprint density at radius 3 is 1.68 bits per heavy atom. The summed E-state index contributed by atoms with van der Waals surface area (Å²) in [6.07, 6.45) is -8.88. The highest BCUT2D eigenvalue weighted by Gasteiger charge is 2.31. The SMILES string of the molecule is N=C(SC(=N)c1ccc(-c2nnc(-c3cccc(-c4ccc(C(F)(F)F)cc4)n3)s2)s1)c1cccc(-c2ccc(C(F)(F)F)cc2)n1. The number of hydrogen-bond donors (Lipinski definition) is 2. The molecule has 0 saturated carbocycles. The van der Waals surface area contributed by atoms with Gasteiger partial charge in [0.15, 0.2) is 10.0 Å². The molecule has 0 unspecified atom stereocenters. The highest BCUT2D eigenvalue weighted by Crippen LogP contribution is 2.36. The third-order valence-electron chi connectivity index (χ3n) is 6.64. The lowest BCUT2D eigenvalue weighted by molar-refractivity contribution is -0.138. The van der Waals surface area contributed by atoms with Crippen molar-refractivity contribution >= 4 is 44.5 Å². The Balaban J connectivity index is 1.13. The van der Waals surface area contributed by atoms with E-state index in [4.69, 9.17) is 10.8 Å². The van der Waals surface area contributed by atoms with E-state index < -0.39 is 23.5 Å². The van der Waals surface area contributed by atoms with E-state index in [0.717, 1.165) is 40.9 Å². The number of alkyl halides is 6. The second-order valence-electron chi connectivity index (χ2n) is 9.80. The van der Waals surface area contributed by atoms with Crippen LogP contribution in [0.3, 0.4) is 0 Å². The van der Waals surface area contributed by atoms with Gasteiger partial charge in [-0.1, -0.05) is 47.7 Å². The monoisotopic (exact) mass is 696 g/mol. The van der Waals surface area contributed by atoms with Gasteiger partial charge in [-0.25, -0.2) is 9.97 Å². The van der Waals surface area contributed by atoms with Gasteiger partial charge >= 0.3 is 12.4 Å². The molecule has 6 aromatic rings. The van der Waals surface area contributed by atoms with Crippen molar-refractivity contribution in [1.82, 2.24) is 20.2 Å². The molecular formula is C32H18F6N6S3. The van der Waals surface area contributed by atoms with Gasteiger partial charge in [0.2, 0.25) is 0 Å². The summed E-state index contributed by atoms with van der Waals surface area (Å²) in [5.41, 5.74) is 1.14. The van der Waals surface area contributed by atoms with Crippen molar-refractivity contribution < 1.29 is 26.3 Å². The first kappa shape index (κ1) is 32.2. The zero-order chi connectivity index (χ0) is 33.3. The van der Waals surface area contributed by atoms with Crippen LogP contribution in [-0.2, 0) is 12.4 Å². The first-order valence-corrected chi connectivity index (χ1v) is 15.9. The molecule has 0 amide bonds. The molecule has 236 valence electrons. The van der Waals surface area contributed by atoms with E-state index in [1.807, 2.05) is 0 Å². The van der Waals surface area contributed by atoms with Crippen LogP contribution in [0.5, 0.6) is 0 Å². The Morgan fingerprint density at radius 1 is 0.553 bits per heavy atom. The van der Waals surface area contributed by atoms with Gasteiger partial charge in [0.1, 0.15) is 15.8 Å². The zero-order valence-corrected chi connectivity index (χ0v) is 26.0. The molecule has 0 bridgehead atoms. The summed E-state index contributed by atoms with van der Waals surface area (Å²) in [5.74, 6) is 0. The smallest absolute Gasteiger partial charge is 0.292 e. The zero-order valence-electron chi connectivity index (χ0n) is 23.5. The number of nitrogens with one attached hydrogen (secondary N) is 2. The molecule has 0 atom stereocenters. The Labute approximate surface area is 275 Å². The van der Waals surface area contributed by atoms with Gasteiger partial charge in [0, 0.05) is 11.1 Å². The Morgan fingerprint density at radius 2 is 1.09 bits per heavy atom. The lowest BCUT2D eigenvalue weighted by atomic mass is 10.1. The minimum Gasteiger partial charge on any atom is -0.292 e. The van der Waals surface area contributed by atoms with Crippen molar-refractivity contribution in [2.45, 2.75) is 12.4 Å². The van der Waals surface area contributed by atoms with Crippen LogP contribution in [0.1, 0.15) is 21.7 Å². The maximum Gasteiger partial charge on any atom is 0.416 e. The van der Waals surface area contributed by atoms with Gasteiger partial charge in [0.25, 0.3) is 0 Å². The highest BCUT2D eigenvalue weighted by molar-refractivity contribution is 8.27. The fourth-order valence-electron chi connectivity index (χ4n) is 4.30. The number of aromatic nitrogens is 4. The van der Waals surface area contributed by atoms with Crippen molar-refractivity contribution in [3.8, 4) is 43.1 Å². The van der Waals surface area contributed by atoms with Crippen LogP contribution >= 0.6 is 34.4 Å². The second-order valence-corrected chi connectivity index (χ2v) is 12.9. The van der Waals surface area contributed by atoms with Crippen molar-refractivity contribution in [3.05, 3.63) is 119 Å². The van der Waals surface area contributed by atoms with E-state index >= 15 is 0 Å². The van der Waals surface area contributed by atoms with Gasteiger partial charge in [-0.15, -0.1) is 21.5 Å². The summed E-state index contributed by atoms with van der Waals surface area (Å²) in [6, 6.07) is 22.9. The predicted molar refractivity (Wildman–Crippen MR) is 173 cm³/mol. The minimum absolute atomic E-state index is 0.00378. The van der Waals surface area contributed by atoms with Gasteiger partial charge in [-0.05, 0) is 72.4 Å².